The van der Waals surface area contributed by atoms with Crippen molar-refractivity contribution in [2.75, 3.05) is 0 Å². The molecule has 1 heterocycles. The third-order valence-electron chi connectivity index (χ3n) is 5.11. The van der Waals surface area contributed by atoms with Crippen LogP contribution in [0.3, 0.4) is 0 Å². The molecular weight excluding hydrogens is 473 g/mol. The summed E-state index contributed by atoms with van der Waals surface area (Å²) in [5.41, 5.74) is 2.80. The van der Waals surface area contributed by atoms with Crippen LogP contribution in [0.5, 0.6) is 0 Å². The summed E-state index contributed by atoms with van der Waals surface area (Å²) in [6.07, 6.45) is -0.184. The molecule has 168 valence electrons. The molecule has 0 bridgehead atoms. The molecule has 0 radical (unpaired) electrons. The van der Waals surface area contributed by atoms with Gasteiger partial charge in [0.05, 0.1) is 22.8 Å². The Morgan fingerprint density at radius 2 is 1.69 bits per heavy atom. The number of rotatable bonds is 7. The number of nitrogens with one attached hydrogen (secondary N) is 1. The zero-order valence-electron chi connectivity index (χ0n) is 17.7. The van der Waals surface area contributed by atoms with Gasteiger partial charge in [0.15, 0.2) is 5.69 Å². The van der Waals surface area contributed by atoms with Gasteiger partial charge in [-0.15, -0.1) is 0 Å². The molecule has 1 aromatic heterocycles. The molecule has 3 rings (SSSR count). The van der Waals surface area contributed by atoms with Crippen LogP contribution in [-0.2, 0) is 4.79 Å². The summed E-state index contributed by atoms with van der Waals surface area (Å²) < 4.78 is 1.59. The third kappa shape index (κ3) is 5.26. The van der Waals surface area contributed by atoms with Crippen LogP contribution in [0, 0.1) is 12.8 Å². The number of nitrogens with zero attached hydrogens (tertiary/aromatic N) is 2. The second-order valence-electron chi connectivity index (χ2n) is 7.76. The number of benzene rings is 2. The van der Waals surface area contributed by atoms with Gasteiger partial charge in [0, 0.05) is 27.2 Å². The van der Waals surface area contributed by atoms with Gasteiger partial charge in [0.25, 0.3) is 5.91 Å². The minimum Gasteiger partial charge on any atom is -0.481 e. The van der Waals surface area contributed by atoms with Crippen molar-refractivity contribution in [2.24, 2.45) is 5.92 Å². The van der Waals surface area contributed by atoms with Gasteiger partial charge in [-0.25, -0.2) is 4.68 Å². The van der Waals surface area contributed by atoms with Crippen molar-refractivity contribution in [3.63, 3.8) is 0 Å². The molecule has 1 atom stereocenters. The molecule has 0 aliphatic heterocycles. The number of hydrogen-bond donors (Lipinski definition) is 2. The predicted molar refractivity (Wildman–Crippen MR) is 127 cm³/mol. The standard InChI is InChI=1S/C23H22Cl3N3O3/c1-12(2)18(11-20(30)31)27-23(32)21-13(3)22(14-4-6-15(24)7-5-14)29(28-21)19-9-8-16(25)10-17(19)26/h4-10,12,18H,11H2,1-3H3,(H,27,32)(H,30,31). The van der Waals surface area contributed by atoms with Gasteiger partial charge in [0.2, 0.25) is 0 Å². The van der Waals surface area contributed by atoms with Crippen LogP contribution in [0.15, 0.2) is 42.5 Å². The number of hydrogen-bond acceptors (Lipinski definition) is 3. The second kappa shape index (κ2) is 9.94. The van der Waals surface area contributed by atoms with E-state index < -0.39 is 17.9 Å². The van der Waals surface area contributed by atoms with Crippen molar-refractivity contribution in [3.8, 4) is 16.9 Å². The van der Waals surface area contributed by atoms with Crippen molar-refractivity contribution >= 4 is 46.7 Å². The van der Waals surface area contributed by atoms with E-state index in [2.05, 4.69) is 10.4 Å². The molecule has 32 heavy (non-hydrogen) atoms. The first-order valence-electron chi connectivity index (χ1n) is 9.92. The van der Waals surface area contributed by atoms with E-state index in [-0.39, 0.29) is 18.0 Å². The highest BCUT2D eigenvalue weighted by Crippen LogP contribution is 2.33. The molecule has 1 amide bonds. The Morgan fingerprint density at radius 1 is 1.06 bits per heavy atom. The van der Waals surface area contributed by atoms with Gasteiger partial charge in [-0.3, -0.25) is 9.59 Å². The smallest absolute Gasteiger partial charge is 0.305 e. The number of carbonyl (C=O) groups is 2. The molecule has 2 aromatic carbocycles. The summed E-state index contributed by atoms with van der Waals surface area (Å²) in [6.45, 7) is 5.49. The van der Waals surface area contributed by atoms with Crippen molar-refractivity contribution in [1.82, 2.24) is 15.1 Å². The number of carboxylic acid groups (broad SMARTS) is 1. The molecule has 2 N–H and O–H groups in total. The van der Waals surface area contributed by atoms with E-state index in [1.165, 1.54) is 0 Å². The Labute approximate surface area is 201 Å². The molecule has 0 aliphatic rings. The van der Waals surface area contributed by atoms with Crippen molar-refractivity contribution < 1.29 is 14.7 Å². The second-order valence-corrected chi connectivity index (χ2v) is 9.04. The number of aliphatic carboxylic acids is 1. The lowest BCUT2D eigenvalue weighted by molar-refractivity contribution is -0.137. The Kier molecular flexibility index (Phi) is 7.49. The van der Waals surface area contributed by atoms with Gasteiger partial charge in [-0.1, -0.05) is 60.8 Å². The summed E-state index contributed by atoms with van der Waals surface area (Å²) in [5.74, 6) is -1.51. The van der Waals surface area contributed by atoms with Crippen LogP contribution >= 0.6 is 34.8 Å². The van der Waals surface area contributed by atoms with Crippen molar-refractivity contribution in [1.29, 1.82) is 0 Å². The number of carbonyl (C=O) groups excluding carboxylic acids is 1. The lowest BCUT2D eigenvalue weighted by Gasteiger charge is -2.20. The van der Waals surface area contributed by atoms with E-state index in [0.29, 0.717) is 32.0 Å². The van der Waals surface area contributed by atoms with Crippen molar-refractivity contribution in [2.45, 2.75) is 33.2 Å². The molecular formula is C23H22Cl3N3O3. The lowest BCUT2D eigenvalue weighted by atomic mass is 10.0. The first kappa shape index (κ1) is 24.1. The number of amides is 1. The maximum atomic E-state index is 13.1. The first-order chi connectivity index (χ1) is 15.1. The van der Waals surface area contributed by atoms with E-state index in [1.54, 1.807) is 41.9 Å². The third-order valence-corrected chi connectivity index (χ3v) is 5.90. The Hall–Kier alpha value is -2.54. The molecule has 0 aliphatic carbocycles. The van der Waals surface area contributed by atoms with Gasteiger partial charge >= 0.3 is 5.97 Å². The highest BCUT2D eigenvalue weighted by Gasteiger charge is 2.26. The summed E-state index contributed by atoms with van der Waals surface area (Å²) >= 11 is 18.5. The largest absolute Gasteiger partial charge is 0.481 e. The molecule has 1 unspecified atom stereocenters. The van der Waals surface area contributed by atoms with Crippen molar-refractivity contribution in [3.05, 3.63) is 68.8 Å². The fourth-order valence-electron chi connectivity index (χ4n) is 3.36. The minimum atomic E-state index is -0.985. The maximum Gasteiger partial charge on any atom is 0.305 e. The molecule has 3 aromatic rings. The lowest BCUT2D eigenvalue weighted by Crippen LogP contribution is -2.40. The van der Waals surface area contributed by atoms with Crippen LogP contribution < -0.4 is 5.32 Å². The van der Waals surface area contributed by atoms with Gasteiger partial charge in [-0.2, -0.15) is 5.10 Å². The first-order valence-corrected chi connectivity index (χ1v) is 11.1. The minimum absolute atomic E-state index is 0.0705. The van der Waals surface area contributed by atoms with E-state index in [0.717, 1.165) is 5.56 Å². The van der Waals surface area contributed by atoms with Crippen LogP contribution in [0.2, 0.25) is 15.1 Å². The number of carboxylic acids is 1. The van der Waals surface area contributed by atoms with E-state index in [9.17, 15) is 14.7 Å². The fraction of sp³-hybridized carbons (Fsp3) is 0.261. The zero-order valence-corrected chi connectivity index (χ0v) is 20.0. The fourth-order valence-corrected chi connectivity index (χ4v) is 3.98. The Bertz CT molecular complexity index is 1160. The van der Waals surface area contributed by atoms with E-state index >= 15 is 0 Å². The molecule has 0 saturated carbocycles. The summed E-state index contributed by atoms with van der Waals surface area (Å²) in [5, 5.41) is 18.0. The van der Waals surface area contributed by atoms with Gasteiger partial charge in [-0.05, 0) is 43.2 Å². The monoisotopic (exact) mass is 493 g/mol. The number of halogens is 3. The number of aromatic nitrogens is 2. The van der Waals surface area contributed by atoms with Gasteiger partial charge < -0.3 is 10.4 Å². The summed E-state index contributed by atoms with van der Waals surface area (Å²) in [7, 11) is 0. The van der Waals surface area contributed by atoms with Crippen LogP contribution in [0.1, 0.15) is 36.3 Å². The van der Waals surface area contributed by atoms with Crippen LogP contribution in [0.4, 0.5) is 0 Å². The average molecular weight is 495 g/mol. The SMILES string of the molecule is Cc1c(C(=O)NC(CC(=O)O)C(C)C)nn(-c2ccc(Cl)cc2Cl)c1-c1ccc(Cl)cc1. The Morgan fingerprint density at radius 3 is 2.25 bits per heavy atom. The summed E-state index contributed by atoms with van der Waals surface area (Å²) in [4.78, 5) is 24.3. The van der Waals surface area contributed by atoms with Gasteiger partial charge in [0.1, 0.15) is 0 Å². The molecule has 6 nitrogen and oxygen atoms in total. The Balaban J connectivity index is 2.13. The molecule has 9 heteroatoms. The molecule has 0 spiro atoms. The highest BCUT2D eigenvalue weighted by molar-refractivity contribution is 6.35. The highest BCUT2D eigenvalue weighted by atomic mass is 35.5. The predicted octanol–water partition coefficient (Wildman–Crippen LogP) is 6.04. The summed E-state index contributed by atoms with van der Waals surface area (Å²) in [6, 6.07) is 11.6. The average Bonchev–Trinajstić information content (AvgIpc) is 3.04. The van der Waals surface area contributed by atoms with Crippen LogP contribution in [0.25, 0.3) is 16.9 Å². The topological polar surface area (TPSA) is 84.2 Å². The van der Waals surface area contributed by atoms with E-state index in [1.807, 2.05) is 26.0 Å². The normalized spacial score (nSPS) is 12.1. The maximum absolute atomic E-state index is 13.1. The molecule has 0 fully saturated rings. The van der Waals surface area contributed by atoms with Crippen LogP contribution in [-0.4, -0.2) is 32.8 Å². The zero-order chi connectivity index (χ0) is 23.6. The quantitative estimate of drug-likeness (QED) is 0.419. The van der Waals surface area contributed by atoms with E-state index in [4.69, 9.17) is 34.8 Å². The molecule has 0 saturated heterocycles.